The lowest BCUT2D eigenvalue weighted by Gasteiger charge is -2.18. The quantitative estimate of drug-likeness (QED) is 0.0261. The monoisotopic (exact) mass is 1150 g/mol. The van der Waals surface area contributed by atoms with Crippen LogP contribution in [-0.4, -0.2) is 37.2 Å². The van der Waals surface area contributed by atoms with Crippen LogP contribution in [0.3, 0.4) is 0 Å². The molecular weight excluding hydrogens is 1010 g/mol. The minimum absolute atomic E-state index is 0.0743. The van der Waals surface area contributed by atoms with Gasteiger partial charge in [0.1, 0.15) is 13.2 Å². The average Bonchev–Trinajstić information content (AvgIpc) is 3.47. The number of ether oxygens (including phenoxy) is 3. The highest BCUT2D eigenvalue weighted by Crippen LogP contribution is 2.18. The standard InChI is InChI=1S/C76H136O6/c1-4-7-10-13-16-19-22-25-27-29-31-33-35-36-37-38-39-40-42-43-45-47-49-51-54-57-60-63-66-69-75(78)81-72-73(71-80-74(77)68-65-62-59-56-53-24-21-18-15-12-9-6-3)82-76(79)70-67-64-61-58-55-52-50-48-46-44-41-34-32-30-28-26-23-20-17-14-11-8-5-2/h7,10,16,18-19,21,25,27,30-33,73H,4-6,8-9,11-15,17,20,22-24,26,28-29,34-72H2,1-3H3/b10-7-,19-16-,21-18-,27-25-,32-30-,33-31-. The molecule has 0 saturated heterocycles. The van der Waals surface area contributed by atoms with E-state index in [0.29, 0.717) is 19.3 Å². The van der Waals surface area contributed by atoms with Crippen molar-refractivity contribution >= 4 is 17.9 Å². The van der Waals surface area contributed by atoms with Crippen LogP contribution >= 0.6 is 0 Å². The van der Waals surface area contributed by atoms with Crippen molar-refractivity contribution in [1.29, 1.82) is 0 Å². The predicted octanol–water partition coefficient (Wildman–Crippen LogP) is 24.8. The zero-order valence-electron chi connectivity index (χ0n) is 54.8. The predicted molar refractivity (Wildman–Crippen MR) is 358 cm³/mol. The summed E-state index contributed by atoms with van der Waals surface area (Å²) in [5.41, 5.74) is 0. The van der Waals surface area contributed by atoms with Crippen molar-refractivity contribution in [3.05, 3.63) is 72.9 Å². The van der Waals surface area contributed by atoms with Gasteiger partial charge in [0.05, 0.1) is 0 Å². The molecule has 0 radical (unpaired) electrons. The minimum Gasteiger partial charge on any atom is -0.462 e. The molecule has 0 bridgehead atoms. The van der Waals surface area contributed by atoms with E-state index in [9.17, 15) is 14.4 Å². The summed E-state index contributed by atoms with van der Waals surface area (Å²) in [5, 5.41) is 0. The van der Waals surface area contributed by atoms with Gasteiger partial charge in [-0.25, -0.2) is 0 Å². The lowest BCUT2D eigenvalue weighted by molar-refractivity contribution is -0.167. The van der Waals surface area contributed by atoms with Crippen LogP contribution < -0.4 is 0 Å². The Balaban J connectivity index is 4.20. The highest BCUT2D eigenvalue weighted by atomic mass is 16.6. The lowest BCUT2D eigenvalue weighted by atomic mass is 10.0. The Labute approximate surface area is 510 Å². The molecule has 1 unspecified atom stereocenters. The molecule has 0 heterocycles. The second kappa shape index (κ2) is 70.3. The molecule has 6 heteroatoms. The molecule has 0 fully saturated rings. The summed E-state index contributed by atoms with van der Waals surface area (Å²) < 4.78 is 17.0. The van der Waals surface area contributed by atoms with Crippen molar-refractivity contribution in [3.8, 4) is 0 Å². The summed E-state index contributed by atoms with van der Waals surface area (Å²) in [5.74, 6) is -0.863. The molecule has 0 aliphatic rings. The normalized spacial score (nSPS) is 12.5. The van der Waals surface area contributed by atoms with Crippen LogP contribution in [0.25, 0.3) is 0 Å². The Kier molecular flexibility index (Phi) is 67.6. The van der Waals surface area contributed by atoms with Gasteiger partial charge in [0.25, 0.3) is 0 Å². The van der Waals surface area contributed by atoms with Crippen molar-refractivity contribution in [3.63, 3.8) is 0 Å². The molecule has 0 rings (SSSR count). The lowest BCUT2D eigenvalue weighted by Crippen LogP contribution is -2.30. The van der Waals surface area contributed by atoms with Crippen molar-refractivity contribution in [2.75, 3.05) is 13.2 Å². The second-order valence-electron chi connectivity index (χ2n) is 24.1. The van der Waals surface area contributed by atoms with Gasteiger partial charge in [-0.1, -0.05) is 318 Å². The van der Waals surface area contributed by atoms with E-state index in [-0.39, 0.29) is 31.1 Å². The van der Waals surface area contributed by atoms with Crippen LogP contribution in [0.1, 0.15) is 374 Å². The second-order valence-corrected chi connectivity index (χ2v) is 24.1. The largest absolute Gasteiger partial charge is 0.462 e. The van der Waals surface area contributed by atoms with E-state index in [0.717, 1.165) is 89.9 Å². The highest BCUT2D eigenvalue weighted by Gasteiger charge is 2.19. The Hall–Kier alpha value is -3.15. The highest BCUT2D eigenvalue weighted by molar-refractivity contribution is 5.71. The van der Waals surface area contributed by atoms with Gasteiger partial charge in [0.15, 0.2) is 6.10 Å². The van der Waals surface area contributed by atoms with Gasteiger partial charge in [0, 0.05) is 19.3 Å². The molecule has 0 saturated carbocycles. The summed E-state index contributed by atoms with van der Waals surface area (Å²) >= 11 is 0. The van der Waals surface area contributed by atoms with Crippen LogP contribution in [0, 0.1) is 0 Å². The Morgan fingerprint density at radius 1 is 0.256 bits per heavy atom. The molecule has 0 N–H and O–H groups in total. The maximum atomic E-state index is 13.0. The first kappa shape index (κ1) is 78.8. The molecule has 1 atom stereocenters. The zero-order valence-corrected chi connectivity index (χ0v) is 54.8. The smallest absolute Gasteiger partial charge is 0.306 e. The van der Waals surface area contributed by atoms with E-state index in [1.54, 1.807) is 0 Å². The van der Waals surface area contributed by atoms with Gasteiger partial charge in [-0.2, -0.15) is 0 Å². The van der Waals surface area contributed by atoms with Crippen LogP contribution in [0.4, 0.5) is 0 Å². The third kappa shape index (κ3) is 67.6. The number of esters is 3. The summed E-state index contributed by atoms with van der Waals surface area (Å²) in [6, 6.07) is 0. The van der Waals surface area contributed by atoms with E-state index in [1.165, 1.54) is 244 Å². The fourth-order valence-corrected chi connectivity index (χ4v) is 10.5. The van der Waals surface area contributed by atoms with Gasteiger partial charge in [0.2, 0.25) is 0 Å². The van der Waals surface area contributed by atoms with Gasteiger partial charge in [-0.3, -0.25) is 14.4 Å². The van der Waals surface area contributed by atoms with Crippen molar-refractivity contribution in [2.24, 2.45) is 0 Å². The first-order chi connectivity index (χ1) is 40.5. The van der Waals surface area contributed by atoms with E-state index < -0.39 is 6.10 Å². The molecule has 0 amide bonds. The van der Waals surface area contributed by atoms with Gasteiger partial charge < -0.3 is 14.2 Å². The van der Waals surface area contributed by atoms with E-state index in [1.807, 2.05) is 0 Å². The molecule has 0 aliphatic heterocycles. The maximum absolute atomic E-state index is 13.0. The zero-order chi connectivity index (χ0) is 59.2. The number of hydrogen-bond acceptors (Lipinski definition) is 6. The summed E-state index contributed by atoms with van der Waals surface area (Å²) in [6.07, 6.45) is 92.3. The first-order valence-corrected chi connectivity index (χ1v) is 35.9. The van der Waals surface area contributed by atoms with Crippen molar-refractivity contribution in [1.82, 2.24) is 0 Å². The number of carbonyl (C=O) groups is 3. The first-order valence-electron chi connectivity index (χ1n) is 35.9. The Morgan fingerprint density at radius 2 is 0.476 bits per heavy atom. The fourth-order valence-electron chi connectivity index (χ4n) is 10.5. The van der Waals surface area contributed by atoms with Gasteiger partial charge in [-0.15, -0.1) is 0 Å². The van der Waals surface area contributed by atoms with E-state index in [2.05, 4.69) is 93.7 Å². The molecule has 0 aliphatic carbocycles. The van der Waals surface area contributed by atoms with Crippen LogP contribution in [0.15, 0.2) is 72.9 Å². The van der Waals surface area contributed by atoms with Crippen LogP contribution in [0.5, 0.6) is 0 Å². The molecule has 6 nitrogen and oxygen atoms in total. The summed E-state index contributed by atoms with van der Waals surface area (Å²) in [6.45, 7) is 6.55. The molecule has 0 aromatic carbocycles. The Bertz CT molecular complexity index is 1500. The molecule has 0 aromatic heterocycles. The molecule has 82 heavy (non-hydrogen) atoms. The maximum Gasteiger partial charge on any atom is 0.306 e. The number of allylic oxidation sites excluding steroid dienone is 12. The Morgan fingerprint density at radius 3 is 0.780 bits per heavy atom. The third-order valence-corrected chi connectivity index (χ3v) is 15.9. The van der Waals surface area contributed by atoms with Gasteiger partial charge >= 0.3 is 17.9 Å². The minimum atomic E-state index is -0.779. The van der Waals surface area contributed by atoms with E-state index >= 15 is 0 Å². The fraction of sp³-hybridized carbons (Fsp3) is 0.803. The SMILES string of the molecule is CC/C=C\C/C=C\C/C=C\C/C=C\CCCCCCCCCCCCCCCCCCC(=O)OCC(COC(=O)CCCCCCC/C=C\CCCCC)OC(=O)CCCCCCCCCCCCC/C=C\CCCCCCCCCC. The van der Waals surface area contributed by atoms with Crippen LogP contribution in [0.2, 0.25) is 0 Å². The third-order valence-electron chi connectivity index (χ3n) is 15.9. The topological polar surface area (TPSA) is 78.9 Å². The number of carbonyl (C=O) groups excluding carboxylic acids is 3. The van der Waals surface area contributed by atoms with Crippen molar-refractivity contribution in [2.45, 2.75) is 380 Å². The van der Waals surface area contributed by atoms with Crippen LogP contribution in [-0.2, 0) is 28.6 Å². The van der Waals surface area contributed by atoms with Gasteiger partial charge in [-0.05, 0) is 109 Å². The summed E-state index contributed by atoms with van der Waals surface area (Å²) in [4.78, 5) is 38.4. The molecule has 0 aromatic rings. The number of unbranched alkanes of at least 4 members (excludes halogenated alkanes) is 43. The van der Waals surface area contributed by atoms with Crippen molar-refractivity contribution < 1.29 is 28.6 Å². The molecule has 476 valence electrons. The molecule has 0 spiro atoms. The average molecular weight is 1150 g/mol. The number of hydrogen-bond donors (Lipinski definition) is 0. The molecular formula is C76H136O6. The summed E-state index contributed by atoms with van der Waals surface area (Å²) in [7, 11) is 0. The number of rotatable bonds is 66. The van der Waals surface area contributed by atoms with E-state index in [4.69, 9.17) is 14.2 Å².